The van der Waals surface area contributed by atoms with Crippen LogP contribution in [0.5, 0.6) is 0 Å². The number of esters is 1. The molecule has 3 amide bonds. The highest BCUT2D eigenvalue weighted by Gasteiger charge is 2.11. The van der Waals surface area contributed by atoms with Crippen LogP contribution in [0.4, 0.5) is 4.79 Å². The number of amides is 3. The zero-order valence-electron chi connectivity index (χ0n) is 13.3. The van der Waals surface area contributed by atoms with E-state index in [0.29, 0.717) is 12.3 Å². The van der Waals surface area contributed by atoms with Gasteiger partial charge in [0, 0.05) is 17.2 Å². The van der Waals surface area contributed by atoms with E-state index < -0.39 is 24.5 Å². The molecule has 126 valence electrons. The van der Waals surface area contributed by atoms with Crippen molar-refractivity contribution in [1.29, 1.82) is 0 Å². The second kappa shape index (κ2) is 10.7. The van der Waals surface area contributed by atoms with Crippen molar-refractivity contribution in [2.45, 2.75) is 25.2 Å². The topological polar surface area (TPSA) is 84.5 Å². The van der Waals surface area contributed by atoms with Crippen molar-refractivity contribution >= 4 is 29.7 Å². The molecule has 23 heavy (non-hydrogen) atoms. The Bertz CT molecular complexity index is 520. The van der Waals surface area contributed by atoms with Gasteiger partial charge in [-0.25, -0.2) is 4.79 Å². The lowest BCUT2D eigenvalue weighted by molar-refractivity contribution is -0.147. The van der Waals surface area contributed by atoms with Crippen LogP contribution in [0.15, 0.2) is 35.2 Å². The quantitative estimate of drug-likeness (QED) is 0.561. The van der Waals surface area contributed by atoms with Crippen LogP contribution in [0.3, 0.4) is 0 Å². The molecule has 0 aromatic heterocycles. The van der Waals surface area contributed by atoms with Crippen LogP contribution in [0, 0.1) is 5.92 Å². The van der Waals surface area contributed by atoms with Crippen molar-refractivity contribution in [3.05, 3.63) is 30.3 Å². The van der Waals surface area contributed by atoms with Gasteiger partial charge in [-0.3, -0.25) is 14.9 Å². The number of thioether (sulfide) groups is 1. The summed E-state index contributed by atoms with van der Waals surface area (Å²) in [5, 5.41) is 4.64. The summed E-state index contributed by atoms with van der Waals surface area (Å²) in [6, 6.07) is 9.11. The van der Waals surface area contributed by atoms with Crippen LogP contribution in [0.1, 0.15) is 20.3 Å². The number of hydrogen-bond donors (Lipinski definition) is 2. The predicted octanol–water partition coefficient (Wildman–Crippen LogP) is 2.19. The largest absolute Gasteiger partial charge is 0.456 e. The van der Waals surface area contributed by atoms with Crippen LogP contribution in [-0.4, -0.2) is 36.8 Å². The van der Waals surface area contributed by atoms with Crippen LogP contribution in [-0.2, 0) is 14.3 Å². The lowest BCUT2D eigenvalue weighted by Crippen LogP contribution is -2.42. The Kier molecular flexibility index (Phi) is 8.82. The molecule has 6 nitrogen and oxygen atoms in total. The number of urea groups is 1. The number of rotatable bonds is 8. The number of nitrogens with one attached hydrogen (secondary N) is 2. The molecule has 0 aliphatic heterocycles. The van der Waals surface area contributed by atoms with Crippen molar-refractivity contribution in [1.82, 2.24) is 10.6 Å². The molecular weight excluding hydrogens is 316 g/mol. The molecular formula is C16H22N2O4S. The molecule has 0 unspecified atom stereocenters. The zero-order chi connectivity index (χ0) is 17.1. The van der Waals surface area contributed by atoms with E-state index in [1.165, 1.54) is 11.8 Å². The molecule has 0 atom stereocenters. The van der Waals surface area contributed by atoms with E-state index in [-0.39, 0.29) is 12.3 Å². The Morgan fingerprint density at radius 2 is 1.87 bits per heavy atom. The number of carbonyl (C=O) groups excluding carboxylic acids is 3. The molecule has 0 radical (unpaired) electrons. The van der Waals surface area contributed by atoms with Gasteiger partial charge in [0.25, 0.3) is 5.91 Å². The second-order valence-electron chi connectivity index (χ2n) is 5.22. The first-order chi connectivity index (χ1) is 11.0. The maximum absolute atomic E-state index is 11.5. The third-order valence-corrected chi connectivity index (χ3v) is 3.62. The van der Waals surface area contributed by atoms with E-state index >= 15 is 0 Å². The third-order valence-electron chi connectivity index (χ3n) is 2.61. The molecule has 0 saturated heterocycles. The molecule has 0 heterocycles. The molecule has 1 aromatic carbocycles. The maximum atomic E-state index is 11.5. The Hall–Kier alpha value is -2.02. The van der Waals surface area contributed by atoms with Crippen LogP contribution in [0.25, 0.3) is 0 Å². The fourth-order valence-electron chi connectivity index (χ4n) is 1.49. The normalized spacial score (nSPS) is 10.2. The molecule has 7 heteroatoms. The summed E-state index contributed by atoms with van der Waals surface area (Å²) in [5.41, 5.74) is 0. The van der Waals surface area contributed by atoms with Crippen molar-refractivity contribution in [3.8, 4) is 0 Å². The monoisotopic (exact) mass is 338 g/mol. The van der Waals surface area contributed by atoms with Crippen LogP contribution in [0.2, 0.25) is 0 Å². The molecule has 0 fully saturated rings. The highest BCUT2D eigenvalue weighted by molar-refractivity contribution is 7.99. The number of imide groups is 1. The highest BCUT2D eigenvalue weighted by Crippen LogP contribution is 2.17. The Labute approximate surface area is 140 Å². The number of carbonyl (C=O) groups is 3. The van der Waals surface area contributed by atoms with Gasteiger partial charge >= 0.3 is 12.0 Å². The standard InChI is InChI=1S/C16H22N2O4S/c1-12(2)10-17-16(21)18-14(19)11-22-15(20)8-9-23-13-6-4-3-5-7-13/h3-7,12H,8-11H2,1-2H3,(H2,17,18,19,21). The number of hydrogen-bond acceptors (Lipinski definition) is 5. The molecule has 1 rings (SSSR count). The molecule has 0 spiro atoms. The smallest absolute Gasteiger partial charge is 0.321 e. The van der Waals surface area contributed by atoms with E-state index in [9.17, 15) is 14.4 Å². The van der Waals surface area contributed by atoms with Gasteiger partial charge in [0.2, 0.25) is 0 Å². The van der Waals surface area contributed by atoms with Gasteiger partial charge in [-0.2, -0.15) is 0 Å². The SMILES string of the molecule is CC(C)CNC(=O)NC(=O)COC(=O)CCSc1ccccc1. The molecule has 2 N–H and O–H groups in total. The maximum Gasteiger partial charge on any atom is 0.321 e. The average Bonchev–Trinajstić information content (AvgIpc) is 2.52. The summed E-state index contributed by atoms with van der Waals surface area (Å²) in [6.07, 6.45) is 0.201. The van der Waals surface area contributed by atoms with Gasteiger partial charge in [-0.05, 0) is 18.1 Å². The minimum atomic E-state index is -0.643. The first-order valence-corrected chi connectivity index (χ1v) is 8.37. The van der Waals surface area contributed by atoms with Crippen LogP contribution < -0.4 is 10.6 Å². The van der Waals surface area contributed by atoms with Crippen molar-refractivity contribution in [3.63, 3.8) is 0 Å². The fourth-order valence-corrected chi connectivity index (χ4v) is 2.34. The first kappa shape index (κ1) is 19.0. The molecule has 0 aliphatic carbocycles. The Morgan fingerprint density at radius 3 is 2.52 bits per heavy atom. The van der Waals surface area contributed by atoms with E-state index in [0.717, 1.165) is 4.90 Å². The minimum absolute atomic E-state index is 0.201. The third kappa shape index (κ3) is 9.57. The van der Waals surface area contributed by atoms with E-state index in [2.05, 4.69) is 10.6 Å². The molecule has 0 aliphatic rings. The Balaban J connectivity index is 2.12. The highest BCUT2D eigenvalue weighted by atomic mass is 32.2. The lowest BCUT2D eigenvalue weighted by Gasteiger charge is -2.09. The molecule has 0 saturated carbocycles. The number of ether oxygens (including phenoxy) is 1. The molecule has 0 bridgehead atoms. The number of benzene rings is 1. The van der Waals surface area contributed by atoms with Crippen molar-refractivity contribution < 1.29 is 19.1 Å². The van der Waals surface area contributed by atoms with Gasteiger partial charge in [0.05, 0.1) is 6.42 Å². The van der Waals surface area contributed by atoms with Gasteiger partial charge in [0.1, 0.15) is 0 Å². The van der Waals surface area contributed by atoms with Gasteiger partial charge in [-0.1, -0.05) is 32.0 Å². The van der Waals surface area contributed by atoms with Gasteiger partial charge < -0.3 is 10.1 Å². The summed E-state index contributed by atoms with van der Waals surface area (Å²) >= 11 is 1.54. The molecule has 1 aromatic rings. The van der Waals surface area contributed by atoms with E-state index in [1.807, 2.05) is 44.2 Å². The van der Waals surface area contributed by atoms with Gasteiger partial charge in [-0.15, -0.1) is 11.8 Å². The summed E-state index contributed by atoms with van der Waals surface area (Å²) < 4.78 is 4.82. The fraction of sp³-hybridized carbons (Fsp3) is 0.438. The zero-order valence-corrected chi connectivity index (χ0v) is 14.2. The predicted molar refractivity (Wildman–Crippen MR) is 89.1 cm³/mol. The summed E-state index contributed by atoms with van der Waals surface area (Å²) in [6.45, 7) is 3.90. The summed E-state index contributed by atoms with van der Waals surface area (Å²) in [4.78, 5) is 35.4. The average molecular weight is 338 g/mol. The van der Waals surface area contributed by atoms with Crippen molar-refractivity contribution in [2.24, 2.45) is 5.92 Å². The first-order valence-electron chi connectivity index (χ1n) is 7.38. The Morgan fingerprint density at radius 1 is 1.17 bits per heavy atom. The van der Waals surface area contributed by atoms with Crippen LogP contribution >= 0.6 is 11.8 Å². The summed E-state index contributed by atoms with van der Waals surface area (Å²) in [5.74, 6) is -0.253. The van der Waals surface area contributed by atoms with E-state index in [1.54, 1.807) is 0 Å². The van der Waals surface area contributed by atoms with E-state index in [4.69, 9.17) is 4.74 Å². The van der Waals surface area contributed by atoms with Crippen molar-refractivity contribution in [2.75, 3.05) is 18.9 Å². The van der Waals surface area contributed by atoms with Gasteiger partial charge in [0.15, 0.2) is 6.61 Å². The minimum Gasteiger partial charge on any atom is -0.456 e. The summed E-state index contributed by atoms with van der Waals surface area (Å²) in [7, 11) is 0. The second-order valence-corrected chi connectivity index (χ2v) is 6.39. The lowest BCUT2D eigenvalue weighted by atomic mass is 10.2.